The van der Waals surface area contributed by atoms with E-state index in [1.54, 1.807) is 13.0 Å². The molecule has 0 spiro atoms. The van der Waals surface area contributed by atoms with Gasteiger partial charge in [0.25, 0.3) is 0 Å². The van der Waals surface area contributed by atoms with E-state index in [2.05, 4.69) is 0 Å². The minimum atomic E-state index is -0.398. The molecule has 1 aromatic heterocycles. The first-order valence-corrected chi connectivity index (χ1v) is 4.62. The molecule has 0 bridgehead atoms. The zero-order chi connectivity index (χ0) is 10.6. The van der Waals surface area contributed by atoms with Crippen molar-refractivity contribution in [1.29, 1.82) is 0 Å². The summed E-state index contributed by atoms with van der Waals surface area (Å²) in [5.41, 5.74) is 5.27. The Balaban J connectivity index is 0.00000196. The van der Waals surface area contributed by atoms with E-state index in [4.69, 9.17) is 14.9 Å². The highest BCUT2D eigenvalue weighted by atomic mass is 35.5. The van der Waals surface area contributed by atoms with Crippen molar-refractivity contribution in [3.05, 3.63) is 28.3 Å². The van der Waals surface area contributed by atoms with E-state index < -0.39 is 5.63 Å². The third kappa shape index (κ3) is 4.85. The molecular formula is C10H16ClNO3. The molecule has 0 aromatic carbocycles. The van der Waals surface area contributed by atoms with Gasteiger partial charge >= 0.3 is 5.63 Å². The molecule has 1 atom stereocenters. The van der Waals surface area contributed by atoms with Crippen LogP contribution in [0.2, 0.25) is 0 Å². The fourth-order valence-corrected chi connectivity index (χ4v) is 0.980. The van der Waals surface area contributed by atoms with Crippen molar-refractivity contribution in [2.45, 2.75) is 26.3 Å². The summed E-state index contributed by atoms with van der Waals surface area (Å²) in [6, 6.07) is 2.99. The lowest BCUT2D eigenvalue weighted by Gasteiger charge is -2.10. The smallest absolute Gasteiger partial charge is 0.339 e. The second kappa shape index (κ2) is 6.48. The van der Waals surface area contributed by atoms with Crippen LogP contribution in [0.15, 0.2) is 21.3 Å². The Kier molecular flexibility index (Phi) is 6.05. The van der Waals surface area contributed by atoms with E-state index in [0.717, 1.165) is 6.42 Å². The SMILES string of the molecule is CCC(N)COc1cc(C)oc(=O)c1.Cl. The van der Waals surface area contributed by atoms with Crippen molar-refractivity contribution in [2.75, 3.05) is 6.61 Å². The molecule has 0 amide bonds. The number of rotatable bonds is 4. The van der Waals surface area contributed by atoms with Crippen LogP contribution in [0.1, 0.15) is 19.1 Å². The van der Waals surface area contributed by atoms with E-state index in [1.165, 1.54) is 6.07 Å². The third-order valence-electron chi connectivity index (χ3n) is 1.86. The zero-order valence-electron chi connectivity index (χ0n) is 8.86. The first kappa shape index (κ1) is 14.0. The van der Waals surface area contributed by atoms with E-state index in [9.17, 15) is 4.79 Å². The molecule has 0 radical (unpaired) electrons. The standard InChI is InChI=1S/C10H15NO3.ClH/c1-3-8(11)6-13-9-4-7(2)14-10(12)5-9;/h4-5,8H,3,6,11H2,1-2H3;1H. The van der Waals surface area contributed by atoms with Gasteiger partial charge in [-0.3, -0.25) is 0 Å². The van der Waals surface area contributed by atoms with E-state index >= 15 is 0 Å². The summed E-state index contributed by atoms with van der Waals surface area (Å²) in [5.74, 6) is 1.06. The number of hydrogen-bond donors (Lipinski definition) is 1. The highest BCUT2D eigenvalue weighted by molar-refractivity contribution is 5.85. The summed E-state index contributed by atoms with van der Waals surface area (Å²) in [6.45, 7) is 4.10. The predicted molar refractivity (Wildman–Crippen MR) is 60.7 cm³/mol. The van der Waals surface area contributed by atoms with Gasteiger partial charge in [-0.2, -0.15) is 0 Å². The molecule has 15 heavy (non-hydrogen) atoms. The summed E-state index contributed by atoms with van der Waals surface area (Å²) in [7, 11) is 0. The number of ether oxygens (including phenoxy) is 1. The van der Waals surface area contributed by atoms with Crippen molar-refractivity contribution in [3.8, 4) is 5.75 Å². The maximum absolute atomic E-state index is 10.9. The van der Waals surface area contributed by atoms with Crippen molar-refractivity contribution in [1.82, 2.24) is 0 Å². The van der Waals surface area contributed by atoms with Crippen LogP contribution in [-0.4, -0.2) is 12.6 Å². The van der Waals surface area contributed by atoms with Gasteiger partial charge in [0.2, 0.25) is 0 Å². The van der Waals surface area contributed by atoms with Gasteiger partial charge in [0.05, 0.1) is 6.07 Å². The van der Waals surface area contributed by atoms with Crippen LogP contribution in [0.25, 0.3) is 0 Å². The van der Waals surface area contributed by atoms with Crippen LogP contribution in [0.5, 0.6) is 5.75 Å². The first-order chi connectivity index (χ1) is 6.61. The second-order valence-electron chi connectivity index (χ2n) is 3.20. The number of halogens is 1. The lowest BCUT2D eigenvalue weighted by Crippen LogP contribution is -2.26. The average molecular weight is 234 g/mol. The number of hydrogen-bond acceptors (Lipinski definition) is 4. The van der Waals surface area contributed by atoms with E-state index in [1.807, 2.05) is 6.92 Å². The van der Waals surface area contributed by atoms with Gasteiger partial charge in [0, 0.05) is 12.1 Å². The van der Waals surface area contributed by atoms with E-state index in [-0.39, 0.29) is 18.4 Å². The number of aryl methyl sites for hydroxylation is 1. The first-order valence-electron chi connectivity index (χ1n) is 4.62. The molecule has 2 N–H and O–H groups in total. The molecule has 0 fully saturated rings. The Bertz CT molecular complexity index is 351. The van der Waals surface area contributed by atoms with Crippen LogP contribution in [0.3, 0.4) is 0 Å². The Hall–Kier alpha value is -1.00. The van der Waals surface area contributed by atoms with Crippen molar-refractivity contribution >= 4 is 12.4 Å². The van der Waals surface area contributed by atoms with Gasteiger partial charge in [-0.15, -0.1) is 12.4 Å². The largest absolute Gasteiger partial charge is 0.492 e. The molecule has 86 valence electrons. The van der Waals surface area contributed by atoms with Gasteiger partial charge in [-0.05, 0) is 13.3 Å². The Morgan fingerprint density at radius 2 is 2.20 bits per heavy atom. The molecular weight excluding hydrogens is 218 g/mol. The average Bonchev–Trinajstić information content (AvgIpc) is 2.12. The van der Waals surface area contributed by atoms with Crippen LogP contribution in [-0.2, 0) is 0 Å². The molecule has 0 aliphatic heterocycles. The van der Waals surface area contributed by atoms with Gasteiger partial charge in [0.15, 0.2) is 0 Å². The van der Waals surface area contributed by atoms with Gasteiger partial charge < -0.3 is 14.9 Å². The summed E-state index contributed by atoms with van der Waals surface area (Å²) in [6.07, 6.45) is 0.848. The normalized spacial score (nSPS) is 11.7. The Morgan fingerprint density at radius 3 is 2.73 bits per heavy atom. The molecule has 0 aliphatic carbocycles. The van der Waals surface area contributed by atoms with Gasteiger partial charge in [-0.25, -0.2) is 4.79 Å². The molecule has 1 aromatic rings. The molecule has 1 unspecified atom stereocenters. The minimum absolute atomic E-state index is 0. The molecule has 1 heterocycles. The van der Waals surface area contributed by atoms with Crippen LogP contribution in [0, 0.1) is 6.92 Å². The summed E-state index contributed by atoms with van der Waals surface area (Å²) >= 11 is 0. The highest BCUT2D eigenvalue weighted by Crippen LogP contribution is 2.09. The Labute approximate surface area is 94.8 Å². The fourth-order valence-electron chi connectivity index (χ4n) is 0.980. The molecule has 5 heteroatoms. The molecule has 0 saturated heterocycles. The lowest BCUT2D eigenvalue weighted by atomic mass is 10.3. The van der Waals surface area contributed by atoms with Crippen molar-refractivity contribution in [3.63, 3.8) is 0 Å². The summed E-state index contributed by atoms with van der Waals surface area (Å²) < 4.78 is 10.1. The molecule has 0 saturated carbocycles. The monoisotopic (exact) mass is 233 g/mol. The predicted octanol–water partition coefficient (Wildman–Crippen LogP) is 1.49. The molecule has 1 rings (SSSR count). The topological polar surface area (TPSA) is 65.5 Å². The molecule has 4 nitrogen and oxygen atoms in total. The third-order valence-corrected chi connectivity index (χ3v) is 1.86. The zero-order valence-corrected chi connectivity index (χ0v) is 9.67. The van der Waals surface area contributed by atoms with Gasteiger partial charge in [0.1, 0.15) is 18.1 Å². The van der Waals surface area contributed by atoms with Gasteiger partial charge in [-0.1, -0.05) is 6.92 Å². The lowest BCUT2D eigenvalue weighted by molar-refractivity contribution is 0.281. The van der Waals surface area contributed by atoms with E-state index in [0.29, 0.717) is 18.1 Å². The number of nitrogens with two attached hydrogens (primary N) is 1. The molecule has 0 aliphatic rings. The van der Waals surface area contributed by atoms with Crippen LogP contribution >= 0.6 is 12.4 Å². The maximum atomic E-state index is 10.9. The summed E-state index contributed by atoms with van der Waals surface area (Å²) in [5, 5.41) is 0. The van der Waals surface area contributed by atoms with Crippen LogP contribution in [0.4, 0.5) is 0 Å². The van der Waals surface area contributed by atoms with Crippen LogP contribution < -0.4 is 16.1 Å². The van der Waals surface area contributed by atoms with Crippen molar-refractivity contribution in [2.24, 2.45) is 5.73 Å². The highest BCUT2D eigenvalue weighted by Gasteiger charge is 2.02. The summed E-state index contributed by atoms with van der Waals surface area (Å²) in [4.78, 5) is 10.9. The minimum Gasteiger partial charge on any atom is -0.492 e. The Morgan fingerprint density at radius 1 is 1.53 bits per heavy atom. The quantitative estimate of drug-likeness (QED) is 0.856. The fraction of sp³-hybridized carbons (Fsp3) is 0.500. The second-order valence-corrected chi connectivity index (χ2v) is 3.20. The maximum Gasteiger partial charge on any atom is 0.339 e. The van der Waals surface area contributed by atoms with Crippen molar-refractivity contribution < 1.29 is 9.15 Å².